The SMILES string of the molecule is CC(C)CC1(C(=O)N(C)CC(=O)N2CCNCC2)CCCC1. The molecule has 0 radical (unpaired) electrons. The molecule has 2 fully saturated rings. The van der Waals surface area contributed by atoms with E-state index in [0.717, 1.165) is 58.3 Å². The predicted molar refractivity (Wildman–Crippen MR) is 87.4 cm³/mol. The van der Waals surface area contributed by atoms with Gasteiger partial charge in [-0.1, -0.05) is 26.7 Å². The minimum atomic E-state index is -0.216. The quantitative estimate of drug-likeness (QED) is 0.837. The largest absolute Gasteiger partial charge is 0.339 e. The minimum Gasteiger partial charge on any atom is -0.339 e. The highest BCUT2D eigenvalue weighted by molar-refractivity contribution is 5.88. The third kappa shape index (κ3) is 4.00. The third-order valence-electron chi connectivity index (χ3n) is 5.00. The smallest absolute Gasteiger partial charge is 0.242 e. The van der Waals surface area contributed by atoms with Crippen LogP contribution in [0.25, 0.3) is 0 Å². The summed E-state index contributed by atoms with van der Waals surface area (Å²) in [6, 6.07) is 0. The molecule has 1 saturated carbocycles. The number of hydrogen-bond donors (Lipinski definition) is 1. The Morgan fingerprint density at radius 2 is 1.77 bits per heavy atom. The van der Waals surface area contributed by atoms with Crippen molar-refractivity contribution in [2.45, 2.75) is 46.0 Å². The number of piperazine rings is 1. The van der Waals surface area contributed by atoms with Crippen molar-refractivity contribution >= 4 is 11.8 Å². The number of hydrogen-bond acceptors (Lipinski definition) is 3. The summed E-state index contributed by atoms with van der Waals surface area (Å²) in [4.78, 5) is 28.9. The van der Waals surface area contributed by atoms with Crippen LogP contribution >= 0.6 is 0 Å². The van der Waals surface area contributed by atoms with Gasteiger partial charge in [0.2, 0.25) is 11.8 Å². The first-order chi connectivity index (χ1) is 10.4. The summed E-state index contributed by atoms with van der Waals surface area (Å²) in [5.74, 6) is 0.775. The summed E-state index contributed by atoms with van der Waals surface area (Å²) < 4.78 is 0. The van der Waals surface area contributed by atoms with Crippen LogP contribution in [0.15, 0.2) is 0 Å². The van der Waals surface area contributed by atoms with Crippen LogP contribution in [-0.4, -0.2) is 61.4 Å². The molecule has 0 aromatic rings. The van der Waals surface area contributed by atoms with Crippen LogP contribution in [0, 0.1) is 11.3 Å². The second kappa shape index (κ2) is 7.44. The summed E-state index contributed by atoms with van der Waals surface area (Å²) >= 11 is 0. The maximum absolute atomic E-state index is 13.0. The molecule has 2 aliphatic rings. The molecule has 1 saturated heterocycles. The van der Waals surface area contributed by atoms with Gasteiger partial charge < -0.3 is 15.1 Å². The number of nitrogens with one attached hydrogen (secondary N) is 1. The number of rotatable bonds is 5. The van der Waals surface area contributed by atoms with Crippen LogP contribution in [0.5, 0.6) is 0 Å². The maximum Gasteiger partial charge on any atom is 0.242 e. The second-order valence-corrected chi connectivity index (χ2v) is 7.38. The lowest BCUT2D eigenvalue weighted by atomic mass is 9.77. The number of carbonyl (C=O) groups excluding carboxylic acids is 2. The topological polar surface area (TPSA) is 52.7 Å². The number of likely N-dealkylation sites (N-methyl/N-ethyl adjacent to an activating group) is 1. The van der Waals surface area contributed by atoms with Gasteiger partial charge in [-0.25, -0.2) is 0 Å². The van der Waals surface area contributed by atoms with Crippen LogP contribution in [-0.2, 0) is 9.59 Å². The van der Waals surface area contributed by atoms with Gasteiger partial charge in [0.05, 0.1) is 6.54 Å². The fourth-order valence-corrected chi connectivity index (χ4v) is 4.03. The molecule has 0 unspecified atom stereocenters. The van der Waals surface area contributed by atoms with Gasteiger partial charge in [-0.05, 0) is 25.2 Å². The van der Waals surface area contributed by atoms with E-state index >= 15 is 0 Å². The highest BCUT2D eigenvalue weighted by Crippen LogP contribution is 2.44. The lowest BCUT2D eigenvalue weighted by Gasteiger charge is -2.35. The summed E-state index contributed by atoms with van der Waals surface area (Å²) in [5.41, 5.74) is -0.216. The Labute approximate surface area is 134 Å². The van der Waals surface area contributed by atoms with Gasteiger partial charge in [-0.2, -0.15) is 0 Å². The van der Waals surface area contributed by atoms with E-state index < -0.39 is 0 Å². The molecule has 126 valence electrons. The predicted octanol–water partition coefficient (Wildman–Crippen LogP) is 1.48. The molecular formula is C17H31N3O2. The van der Waals surface area contributed by atoms with Crippen LogP contribution in [0.1, 0.15) is 46.0 Å². The van der Waals surface area contributed by atoms with Gasteiger partial charge in [-0.15, -0.1) is 0 Å². The van der Waals surface area contributed by atoms with Crippen molar-refractivity contribution in [1.82, 2.24) is 15.1 Å². The van der Waals surface area contributed by atoms with Crippen LogP contribution in [0.2, 0.25) is 0 Å². The number of amides is 2. The lowest BCUT2D eigenvalue weighted by Crippen LogP contribution is -2.51. The molecule has 0 aromatic heterocycles. The second-order valence-electron chi connectivity index (χ2n) is 7.38. The molecule has 0 aromatic carbocycles. The van der Waals surface area contributed by atoms with Gasteiger partial charge in [0.15, 0.2) is 0 Å². The molecule has 2 rings (SSSR count). The van der Waals surface area contributed by atoms with Gasteiger partial charge >= 0.3 is 0 Å². The molecule has 2 amide bonds. The van der Waals surface area contributed by atoms with Crippen LogP contribution < -0.4 is 5.32 Å². The van der Waals surface area contributed by atoms with Gasteiger partial charge in [0.25, 0.3) is 0 Å². The molecule has 1 N–H and O–H groups in total. The lowest BCUT2D eigenvalue weighted by molar-refractivity contribution is -0.146. The van der Waals surface area contributed by atoms with Crippen molar-refractivity contribution in [3.05, 3.63) is 0 Å². The van der Waals surface area contributed by atoms with Crippen LogP contribution in [0.4, 0.5) is 0 Å². The normalized spacial score (nSPS) is 21.2. The van der Waals surface area contributed by atoms with Gasteiger partial charge in [-0.3, -0.25) is 9.59 Å². The van der Waals surface area contributed by atoms with Crippen molar-refractivity contribution in [2.24, 2.45) is 11.3 Å². The Morgan fingerprint density at radius 3 is 2.32 bits per heavy atom. The summed E-state index contributed by atoms with van der Waals surface area (Å²) in [6.45, 7) is 7.77. The first kappa shape index (κ1) is 17.3. The molecule has 5 nitrogen and oxygen atoms in total. The zero-order valence-corrected chi connectivity index (χ0v) is 14.4. The first-order valence-electron chi connectivity index (χ1n) is 8.69. The molecule has 1 aliphatic carbocycles. The van der Waals surface area contributed by atoms with E-state index in [-0.39, 0.29) is 23.8 Å². The minimum absolute atomic E-state index is 0.0787. The van der Waals surface area contributed by atoms with E-state index in [0.29, 0.717) is 5.92 Å². The van der Waals surface area contributed by atoms with Crippen molar-refractivity contribution in [3.8, 4) is 0 Å². The highest BCUT2D eigenvalue weighted by Gasteiger charge is 2.43. The highest BCUT2D eigenvalue weighted by atomic mass is 16.2. The molecule has 5 heteroatoms. The third-order valence-corrected chi connectivity index (χ3v) is 5.00. The van der Waals surface area contributed by atoms with Gasteiger partial charge in [0.1, 0.15) is 0 Å². The van der Waals surface area contributed by atoms with Crippen molar-refractivity contribution in [3.63, 3.8) is 0 Å². The van der Waals surface area contributed by atoms with E-state index in [2.05, 4.69) is 19.2 Å². The Hall–Kier alpha value is -1.10. The number of carbonyl (C=O) groups is 2. The molecule has 0 atom stereocenters. The first-order valence-corrected chi connectivity index (χ1v) is 8.69. The van der Waals surface area contributed by atoms with Crippen LogP contribution in [0.3, 0.4) is 0 Å². The maximum atomic E-state index is 13.0. The average molecular weight is 309 g/mol. The Morgan fingerprint density at radius 1 is 1.18 bits per heavy atom. The van der Waals surface area contributed by atoms with Crippen molar-refractivity contribution < 1.29 is 9.59 Å². The van der Waals surface area contributed by atoms with E-state index in [1.807, 2.05) is 4.90 Å². The van der Waals surface area contributed by atoms with E-state index in [1.54, 1.807) is 11.9 Å². The molecule has 0 bridgehead atoms. The fourth-order valence-electron chi connectivity index (χ4n) is 4.03. The van der Waals surface area contributed by atoms with Gasteiger partial charge in [0, 0.05) is 38.6 Å². The average Bonchev–Trinajstić information content (AvgIpc) is 2.96. The van der Waals surface area contributed by atoms with Crippen molar-refractivity contribution in [1.29, 1.82) is 0 Å². The fraction of sp³-hybridized carbons (Fsp3) is 0.882. The number of nitrogens with zero attached hydrogens (tertiary/aromatic N) is 2. The van der Waals surface area contributed by atoms with E-state index in [1.165, 1.54) is 0 Å². The molecule has 22 heavy (non-hydrogen) atoms. The molecule has 0 spiro atoms. The summed E-state index contributed by atoms with van der Waals surface area (Å²) in [6.07, 6.45) is 5.18. The van der Waals surface area contributed by atoms with E-state index in [4.69, 9.17) is 0 Å². The van der Waals surface area contributed by atoms with E-state index in [9.17, 15) is 9.59 Å². The zero-order valence-electron chi connectivity index (χ0n) is 14.4. The zero-order chi connectivity index (χ0) is 16.2. The Balaban J connectivity index is 1.96. The Bertz CT molecular complexity index is 397. The molecule has 1 heterocycles. The molecule has 1 aliphatic heterocycles. The standard InChI is InChI=1S/C17H31N3O2/c1-14(2)12-17(6-4-5-7-17)16(22)19(3)13-15(21)20-10-8-18-9-11-20/h14,18H,4-13H2,1-3H3. The molecular weight excluding hydrogens is 278 g/mol. The Kier molecular flexibility index (Phi) is 5.84. The summed E-state index contributed by atoms with van der Waals surface area (Å²) in [7, 11) is 1.79. The van der Waals surface area contributed by atoms with Crippen molar-refractivity contribution in [2.75, 3.05) is 39.8 Å². The monoisotopic (exact) mass is 309 g/mol. The summed E-state index contributed by atoms with van der Waals surface area (Å²) in [5, 5.41) is 3.24.